The number of nitrogens with two attached hydrogens (primary N) is 1. The summed E-state index contributed by atoms with van der Waals surface area (Å²) < 4.78 is 37.3. The van der Waals surface area contributed by atoms with Crippen LogP contribution in [0.15, 0.2) is 65.6 Å². The molecule has 0 aromatic heterocycles. The van der Waals surface area contributed by atoms with Crippen molar-refractivity contribution in [2.45, 2.75) is 55.8 Å². The van der Waals surface area contributed by atoms with Gasteiger partial charge < -0.3 is 14.4 Å². The first-order valence-electron chi connectivity index (χ1n) is 14.6. The van der Waals surface area contributed by atoms with E-state index in [1.54, 1.807) is 19.1 Å². The third kappa shape index (κ3) is 6.03. The Balaban J connectivity index is 1.26. The summed E-state index contributed by atoms with van der Waals surface area (Å²) in [5.41, 5.74) is 4.00. The molecule has 3 aromatic rings. The van der Waals surface area contributed by atoms with E-state index < -0.39 is 10.0 Å². The van der Waals surface area contributed by atoms with Gasteiger partial charge in [0, 0.05) is 29.9 Å². The Bertz CT molecular complexity index is 1610. The number of carbonyl (C=O) groups excluding carboxylic acids is 1. The third-order valence-electron chi connectivity index (χ3n) is 9.18. The lowest BCUT2D eigenvalue weighted by atomic mass is 9.69. The minimum atomic E-state index is -3.88. The monoisotopic (exact) mass is 608 g/mol. The molecule has 0 saturated heterocycles. The molecular formula is C33H37ClN2O5S. The fourth-order valence-corrected chi connectivity index (χ4v) is 7.62. The molecule has 3 atom stereocenters. The Hall–Kier alpha value is -3.07. The summed E-state index contributed by atoms with van der Waals surface area (Å²) >= 11 is 6.38. The first-order chi connectivity index (χ1) is 20.1. The van der Waals surface area contributed by atoms with Gasteiger partial charge in [-0.05, 0) is 110 Å². The van der Waals surface area contributed by atoms with Crippen LogP contribution in [0.5, 0.6) is 11.5 Å². The number of rotatable bonds is 8. The Labute approximate surface area is 253 Å². The lowest BCUT2D eigenvalue weighted by Crippen LogP contribution is -2.49. The standard InChI is InChI=1S/C33H37ClN2O5S/c1-22(37)14-23-4-2-6-28(15-23)40-19-26-8-7-25(26)18-36-20-33(13-3-5-24-16-27(34)9-11-30(24)33)21-41-32-12-10-29(17-31(32)36)42(35,38)39/h2,4,6,9-12,15-17,25-26H,3,5,7-8,13-14,18-21H2,1H3,(H2,35,38,39)/t25-,26-,33-/m0/s1. The van der Waals surface area contributed by atoms with E-state index in [0.717, 1.165) is 60.7 Å². The van der Waals surface area contributed by atoms with Gasteiger partial charge >= 0.3 is 0 Å². The molecule has 7 nitrogen and oxygen atoms in total. The van der Waals surface area contributed by atoms with E-state index in [4.69, 9.17) is 26.2 Å². The number of ether oxygens (including phenoxy) is 2. The molecule has 2 N–H and O–H groups in total. The van der Waals surface area contributed by atoms with Crippen molar-refractivity contribution in [3.63, 3.8) is 0 Å². The van der Waals surface area contributed by atoms with Crippen LogP contribution in [0.3, 0.4) is 0 Å². The minimum absolute atomic E-state index is 0.0839. The molecule has 0 radical (unpaired) electrons. The highest BCUT2D eigenvalue weighted by atomic mass is 35.5. The van der Waals surface area contributed by atoms with Crippen LogP contribution < -0.4 is 19.5 Å². The summed E-state index contributed by atoms with van der Waals surface area (Å²) in [5, 5.41) is 6.28. The molecule has 1 heterocycles. The number of halogens is 1. The summed E-state index contributed by atoms with van der Waals surface area (Å²) in [4.78, 5) is 14.0. The quantitative estimate of drug-likeness (QED) is 0.352. The van der Waals surface area contributed by atoms with Crippen LogP contribution in [0.4, 0.5) is 5.69 Å². The second-order valence-corrected chi connectivity index (χ2v) is 14.2. The number of sulfonamides is 1. The van der Waals surface area contributed by atoms with E-state index >= 15 is 0 Å². The number of carbonyl (C=O) groups is 1. The van der Waals surface area contributed by atoms with Crippen LogP contribution in [0, 0.1) is 11.8 Å². The predicted molar refractivity (Wildman–Crippen MR) is 164 cm³/mol. The molecule has 3 aliphatic rings. The zero-order chi connectivity index (χ0) is 29.5. The van der Waals surface area contributed by atoms with Crippen LogP contribution in [0.25, 0.3) is 0 Å². The van der Waals surface area contributed by atoms with Gasteiger partial charge in [-0.3, -0.25) is 4.79 Å². The average molecular weight is 609 g/mol. The van der Waals surface area contributed by atoms with Crippen molar-refractivity contribution in [2.24, 2.45) is 17.0 Å². The van der Waals surface area contributed by atoms with E-state index in [2.05, 4.69) is 17.0 Å². The Morgan fingerprint density at radius 1 is 1.12 bits per heavy atom. The Kier molecular flexibility index (Phi) is 7.98. The molecule has 6 rings (SSSR count). The number of nitrogens with zero attached hydrogens (tertiary/aromatic N) is 1. The van der Waals surface area contributed by atoms with Crippen LogP contribution in [-0.2, 0) is 33.1 Å². The number of hydrogen-bond donors (Lipinski definition) is 1. The van der Waals surface area contributed by atoms with Crippen molar-refractivity contribution < 1.29 is 22.7 Å². The molecule has 3 aromatic carbocycles. The maximum absolute atomic E-state index is 12.3. The number of ketones is 1. The highest BCUT2D eigenvalue weighted by molar-refractivity contribution is 7.89. The molecule has 42 heavy (non-hydrogen) atoms. The first-order valence-corrected chi connectivity index (χ1v) is 16.6. The molecule has 9 heteroatoms. The van der Waals surface area contributed by atoms with Gasteiger partial charge in [0.15, 0.2) is 0 Å². The third-order valence-corrected chi connectivity index (χ3v) is 10.3. The maximum Gasteiger partial charge on any atom is 0.238 e. The van der Waals surface area contributed by atoms with Gasteiger partial charge in [-0.15, -0.1) is 0 Å². The van der Waals surface area contributed by atoms with E-state index in [-0.39, 0.29) is 16.1 Å². The molecule has 0 amide bonds. The van der Waals surface area contributed by atoms with Crippen molar-refractivity contribution in [3.8, 4) is 11.5 Å². The van der Waals surface area contributed by atoms with Crippen LogP contribution in [0.2, 0.25) is 5.02 Å². The van der Waals surface area contributed by atoms with Crippen molar-refractivity contribution >= 4 is 33.1 Å². The lowest BCUT2D eigenvalue weighted by Gasteiger charge is -2.44. The molecule has 1 spiro atoms. The fourth-order valence-electron chi connectivity index (χ4n) is 6.89. The average Bonchev–Trinajstić information content (AvgIpc) is 3.07. The topological polar surface area (TPSA) is 98.9 Å². The number of anilines is 1. The molecule has 1 saturated carbocycles. The summed E-state index contributed by atoms with van der Waals surface area (Å²) in [7, 11) is -3.88. The summed E-state index contributed by atoms with van der Waals surface area (Å²) in [6.45, 7) is 4.16. The summed E-state index contributed by atoms with van der Waals surface area (Å²) in [5.74, 6) is 2.32. The summed E-state index contributed by atoms with van der Waals surface area (Å²) in [6, 6.07) is 18.9. The van der Waals surface area contributed by atoms with E-state index in [0.29, 0.717) is 43.8 Å². The number of primary sulfonamides is 1. The van der Waals surface area contributed by atoms with Crippen molar-refractivity contribution in [2.75, 3.05) is 31.2 Å². The zero-order valence-corrected chi connectivity index (χ0v) is 25.4. The normalized spacial score (nSPS) is 23.3. The van der Waals surface area contributed by atoms with Crippen LogP contribution >= 0.6 is 11.6 Å². The first kappa shape index (κ1) is 29.0. The van der Waals surface area contributed by atoms with Crippen LogP contribution in [0.1, 0.15) is 49.3 Å². The molecule has 0 unspecified atom stereocenters. The fraction of sp³-hybridized carbons (Fsp3) is 0.424. The number of hydrogen-bond acceptors (Lipinski definition) is 6. The highest BCUT2D eigenvalue weighted by Crippen LogP contribution is 2.46. The van der Waals surface area contributed by atoms with Gasteiger partial charge in [0.05, 0.1) is 23.8 Å². The molecule has 2 aliphatic carbocycles. The molecule has 1 aliphatic heterocycles. The molecular weight excluding hydrogens is 572 g/mol. The molecule has 1 fully saturated rings. The van der Waals surface area contributed by atoms with Gasteiger partial charge in [-0.25, -0.2) is 13.6 Å². The zero-order valence-electron chi connectivity index (χ0n) is 23.9. The number of fused-ring (bicyclic) bond motifs is 3. The maximum atomic E-state index is 12.3. The summed E-state index contributed by atoms with van der Waals surface area (Å²) in [6.07, 6.45) is 5.53. The van der Waals surface area contributed by atoms with Gasteiger partial charge in [0.2, 0.25) is 10.0 Å². The number of aryl methyl sites for hydroxylation is 1. The molecule has 0 bridgehead atoms. The minimum Gasteiger partial charge on any atom is -0.493 e. The lowest BCUT2D eigenvalue weighted by molar-refractivity contribution is -0.116. The van der Waals surface area contributed by atoms with E-state index in [1.165, 1.54) is 17.2 Å². The van der Waals surface area contributed by atoms with E-state index in [1.807, 2.05) is 30.3 Å². The van der Waals surface area contributed by atoms with Crippen molar-refractivity contribution in [1.82, 2.24) is 0 Å². The smallest absolute Gasteiger partial charge is 0.238 e. The number of benzene rings is 3. The second kappa shape index (κ2) is 11.5. The van der Waals surface area contributed by atoms with Gasteiger partial charge in [-0.2, -0.15) is 0 Å². The van der Waals surface area contributed by atoms with Crippen molar-refractivity contribution in [1.29, 1.82) is 0 Å². The molecule has 222 valence electrons. The van der Waals surface area contributed by atoms with Gasteiger partial charge in [0.1, 0.15) is 17.3 Å². The highest BCUT2D eigenvalue weighted by Gasteiger charge is 2.43. The Morgan fingerprint density at radius 2 is 1.95 bits per heavy atom. The largest absolute Gasteiger partial charge is 0.493 e. The Morgan fingerprint density at radius 3 is 2.71 bits per heavy atom. The van der Waals surface area contributed by atoms with Crippen LogP contribution in [-0.4, -0.2) is 40.5 Å². The number of Topliss-reactive ketones (excluding diaryl/α,β-unsaturated/α-hetero) is 1. The van der Waals surface area contributed by atoms with E-state index in [9.17, 15) is 13.2 Å². The second-order valence-electron chi connectivity index (χ2n) is 12.2. The predicted octanol–water partition coefficient (Wildman–Crippen LogP) is 5.70. The SMILES string of the molecule is CC(=O)Cc1cccc(OC[C@@H]2CC[C@H]2CN2C[C@@]3(CCCc4cc(Cl)ccc43)COc3ccc(S(N)(=O)=O)cc32)c1. The van der Waals surface area contributed by atoms with Crippen molar-refractivity contribution in [3.05, 3.63) is 82.4 Å². The van der Waals surface area contributed by atoms with Gasteiger partial charge in [0.25, 0.3) is 0 Å². The van der Waals surface area contributed by atoms with Gasteiger partial charge in [-0.1, -0.05) is 29.8 Å².